The van der Waals surface area contributed by atoms with Crippen molar-refractivity contribution in [2.24, 2.45) is 0 Å². The van der Waals surface area contributed by atoms with Gasteiger partial charge in [-0.1, -0.05) is 47.6 Å². The zero-order chi connectivity index (χ0) is 17.9. The normalized spacial score (nSPS) is 17.3. The molecule has 3 aromatic rings. The van der Waals surface area contributed by atoms with Crippen LogP contribution in [0.3, 0.4) is 0 Å². The molecule has 5 heteroatoms. The van der Waals surface area contributed by atoms with Gasteiger partial charge in [0.2, 0.25) is 5.89 Å². The number of hydrogen-bond acceptors (Lipinski definition) is 4. The van der Waals surface area contributed by atoms with Crippen LogP contribution in [-0.4, -0.2) is 34.0 Å². The highest BCUT2D eigenvalue weighted by molar-refractivity contribution is 5.94. The molecule has 0 saturated carbocycles. The summed E-state index contributed by atoms with van der Waals surface area (Å²) in [6.07, 6.45) is 1.91. The molecule has 1 aliphatic rings. The van der Waals surface area contributed by atoms with Crippen LogP contribution in [0.5, 0.6) is 0 Å². The Morgan fingerprint density at radius 3 is 2.50 bits per heavy atom. The fraction of sp³-hybridized carbons (Fsp3) is 0.286. The summed E-state index contributed by atoms with van der Waals surface area (Å²) in [4.78, 5) is 19.1. The minimum atomic E-state index is 0.0607. The third-order valence-corrected chi connectivity index (χ3v) is 4.84. The van der Waals surface area contributed by atoms with Crippen LogP contribution in [0.2, 0.25) is 0 Å². The molecule has 0 aliphatic carbocycles. The van der Waals surface area contributed by atoms with E-state index in [-0.39, 0.29) is 11.8 Å². The molecule has 0 N–H and O–H groups in total. The summed E-state index contributed by atoms with van der Waals surface area (Å²) < 4.78 is 5.30. The number of carbonyl (C=O) groups is 1. The third-order valence-electron chi connectivity index (χ3n) is 4.84. The zero-order valence-electron chi connectivity index (χ0n) is 14.8. The summed E-state index contributed by atoms with van der Waals surface area (Å²) in [5.74, 6) is 1.46. The van der Waals surface area contributed by atoms with Crippen molar-refractivity contribution in [1.29, 1.82) is 0 Å². The van der Waals surface area contributed by atoms with Gasteiger partial charge in [-0.05, 0) is 43.0 Å². The highest BCUT2D eigenvalue weighted by atomic mass is 16.5. The first kappa shape index (κ1) is 16.5. The molecule has 1 amide bonds. The summed E-state index contributed by atoms with van der Waals surface area (Å²) in [5, 5.41) is 3.87. The maximum atomic E-state index is 12.9. The van der Waals surface area contributed by atoms with Crippen molar-refractivity contribution in [3.63, 3.8) is 0 Å². The topological polar surface area (TPSA) is 59.2 Å². The number of benzene rings is 2. The lowest BCUT2D eigenvalue weighted by atomic mass is 9.97. The Labute approximate surface area is 152 Å². The first-order chi connectivity index (χ1) is 12.7. The molecule has 132 valence electrons. The smallest absolute Gasteiger partial charge is 0.253 e. The number of aromatic nitrogens is 2. The lowest BCUT2D eigenvalue weighted by Gasteiger charge is -2.31. The Balaban J connectivity index is 1.48. The Bertz CT molecular complexity index is 887. The van der Waals surface area contributed by atoms with Crippen LogP contribution in [0.4, 0.5) is 0 Å². The van der Waals surface area contributed by atoms with Gasteiger partial charge in [0.05, 0.1) is 5.92 Å². The first-order valence-corrected chi connectivity index (χ1v) is 8.95. The van der Waals surface area contributed by atoms with Crippen LogP contribution in [0.25, 0.3) is 11.1 Å². The second-order valence-electron chi connectivity index (χ2n) is 6.71. The summed E-state index contributed by atoms with van der Waals surface area (Å²) in [6, 6.07) is 18.0. The predicted molar refractivity (Wildman–Crippen MR) is 98.8 cm³/mol. The maximum absolute atomic E-state index is 12.9. The molecule has 2 aromatic carbocycles. The van der Waals surface area contributed by atoms with E-state index in [1.54, 1.807) is 0 Å². The van der Waals surface area contributed by atoms with Gasteiger partial charge >= 0.3 is 0 Å². The van der Waals surface area contributed by atoms with E-state index in [0.717, 1.165) is 30.5 Å². The number of aryl methyl sites for hydroxylation is 1. The molecule has 0 radical (unpaired) electrons. The SMILES string of the molecule is Cc1noc(C2CCCN(C(=O)c3ccc(-c4ccccc4)cc3)C2)n1. The van der Waals surface area contributed by atoms with Crippen molar-refractivity contribution in [3.05, 3.63) is 71.9 Å². The molecule has 1 saturated heterocycles. The van der Waals surface area contributed by atoms with Gasteiger partial charge in [-0.3, -0.25) is 4.79 Å². The molecule has 26 heavy (non-hydrogen) atoms. The van der Waals surface area contributed by atoms with E-state index in [4.69, 9.17) is 4.52 Å². The number of rotatable bonds is 3. The van der Waals surface area contributed by atoms with Gasteiger partial charge in [0.1, 0.15) is 0 Å². The van der Waals surface area contributed by atoms with Crippen molar-refractivity contribution < 1.29 is 9.32 Å². The van der Waals surface area contributed by atoms with Crippen LogP contribution >= 0.6 is 0 Å². The van der Waals surface area contributed by atoms with E-state index in [9.17, 15) is 4.79 Å². The lowest BCUT2D eigenvalue weighted by Crippen LogP contribution is -2.39. The van der Waals surface area contributed by atoms with Crippen LogP contribution in [0.15, 0.2) is 59.1 Å². The second-order valence-corrected chi connectivity index (χ2v) is 6.71. The maximum Gasteiger partial charge on any atom is 0.253 e. The monoisotopic (exact) mass is 347 g/mol. The number of piperidine rings is 1. The largest absolute Gasteiger partial charge is 0.339 e. The van der Waals surface area contributed by atoms with Gasteiger partial charge < -0.3 is 9.42 Å². The molecular formula is C21H21N3O2. The molecule has 0 spiro atoms. The molecule has 1 aliphatic heterocycles. The summed E-state index contributed by atoms with van der Waals surface area (Å²) in [6.45, 7) is 3.21. The van der Waals surface area contributed by atoms with Gasteiger partial charge in [-0.15, -0.1) is 0 Å². The molecule has 4 rings (SSSR count). The Kier molecular flexibility index (Phi) is 4.52. The fourth-order valence-electron chi connectivity index (χ4n) is 3.46. The van der Waals surface area contributed by atoms with E-state index < -0.39 is 0 Å². The number of amides is 1. The molecular weight excluding hydrogens is 326 g/mol. The molecule has 1 atom stereocenters. The van der Waals surface area contributed by atoms with Crippen molar-refractivity contribution >= 4 is 5.91 Å². The number of nitrogens with zero attached hydrogens (tertiary/aromatic N) is 3. The van der Waals surface area contributed by atoms with Gasteiger partial charge in [0, 0.05) is 18.7 Å². The molecule has 1 aromatic heterocycles. The number of likely N-dealkylation sites (tertiary alicyclic amines) is 1. The second kappa shape index (κ2) is 7.12. The molecule has 5 nitrogen and oxygen atoms in total. The third kappa shape index (κ3) is 3.38. The summed E-state index contributed by atoms with van der Waals surface area (Å²) in [7, 11) is 0. The highest BCUT2D eigenvalue weighted by Gasteiger charge is 2.28. The van der Waals surface area contributed by atoms with Crippen molar-refractivity contribution in [1.82, 2.24) is 15.0 Å². The lowest BCUT2D eigenvalue weighted by molar-refractivity contribution is 0.0695. The molecule has 0 bridgehead atoms. The molecule has 1 fully saturated rings. The number of hydrogen-bond donors (Lipinski definition) is 0. The predicted octanol–water partition coefficient (Wildman–Crippen LogP) is 4.06. The van der Waals surface area contributed by atoms with Crippen LogP contribution in [0, 0.1) is 6.92 Å². The molecule has 1 unspecified atom stereocenters. The van der Waals surface area contributed by atoms with E-state index in [0.29, 0.717) is 23.8 Å². The van der Waals surface area contributed by atoms with Crippen LogP contribution in [-0.2, 0) is 0 Å². The summed E-state index contributed by atoms with van der Waals surface area (Å²) in [5.41, 5.74) is 2.98. The van der Waals surface area contributed by atoms with Gasteiger partial charge in [-0.25, -0.2) is 0 Å². The standard InChI is InChI=1S/C21H21N3O2/c1-15-22-20(26-23-15)19-8-5-13-24(14-19)21(25)18-11-9-17(10-12-18)16-6-3-2-4-7-16/h2-4,6-7,9-12,19H,5,8,13-14H2,1H3. The van der Waals surface area contributed by atoms with Crippen LogP contribution < -0.4 is 0 Å². The summed E-state index contributed by atoms with van der Waals surface area (Å²) >= 11 is 0. The quantitative estimate of drug-likeness (QED) is 0.717. The average Bonchev–Trinajstić information content (AvgIpc) is 3.15. The Morgan fingerprint density at radius 1 is 1.08 bits per heavy atom. The zero-order valence-corrected chi connectivity index (χ0v) is 14.8. The van der Waals surface area contributed by atoms with Gasteiger partial charge in [0.15, 0.2) is 5.82 Å². The van der Waals surface area contributed by atoms with E-state index in [2.05, 4.69) is 22.3 Å². The van der Waals surface area contributed by atoms with E-state index in [1.165, 1.54) is 0 Å². The van der Waals surface area contributed by atoms with Gasteiger partial charge in [0.25, 0.3) is 5.91 Å². The van der Waals surface area contributed by atoms with E-state index in [1.807, 2.05) is 54.3 Å². The van der Waals surface area contributed by atoms with Crippen molar-refractivity contribution in [2.45, 2.75) is 25.7 Å². The number of carbonyl (C=O) groups excluding carboxylic acids is 1. The van der Waals surface area contributed by atoms with Gasteiger partial charge in [-0.2, -0.15) is 4.98 Å². The minimum absolute atomic E-state index is 0.0607. The average molecular weight is 347 g/mol. The van der Waals surface area contributed by atoms with Crippen molar-refractivity contribution in [3.8, 4) is 11.1 Å². The first-order valence-electron chi connectivity index (χ1n) is 8.95. The van der Waals surface area contributed by atoms with Crippen LogP contribution in [0.1, 0.15) is 40.8 Å². The minimum Gasteiger partial charge on any atom is -0.339 e. The fourth-order valence-corrected chi connectivity index (χ4v) is 3.46. The highest BCUT2D eigenvalue weighted by Crippen LogP contribution is 2.27. The molecule has 2 heterocycles. The Morgan fingerprint density at radius 2 is 1.81 bits per heavy atom. The van der Waals surface area contributed by atoms with E-state index >= 15 is 0 Å². The van der Waals surface area contributed by atoms with Crippen molar-refractivity contribution in [2.75, 3.05) is 13.1 Å². The Hall–Kier alpha value is -2.95.